The van der Waals surface area contributed by atoms with Crippen LogP contribution in [-0.4, -0.2) is 5.38 Å². The molecule has 0 amide bonds. The summed E-state index contributed by atoms with van der Waals surface area (Å²) in [6, 6.07) is 4.78. The molecule has 90 valence electrons. The first-order valence-electron chi connectivity index (χ1n) is 5.57. The van der Waals surface area contributed by atoms with Crippen molar-refractivity contribution in [3.05, 3.63) is 34.1 Å². The minimum atomic E-state index is -0.187. The average molecular weight is 308 g/mol. The van der Waals surface area contributed by atoms with Gasteiger partial charge in [-0.1, -0.05) is 29.8 Å². The van der Waals surface area contributed by atoms with Gasteiger partial charge in [-0.05, 0) is 48.9 Å². The summed E-state index contributed by atoms with van der Waals surface area (Å²) in [5.41, 5.74) is 0.995. The van der Waals surface area contributed by atoms with E-state index in [1.165, 1.54) is 6.07 Å². The van der Waals surface area contributed by atoms with E-state index in [4.69, 9.17) is 11.6 Å². The average Bonchev–Trinajstić information content (AvgIpc) is 2.18. The lowest BCUT2D eigenvalue weighted by atomic mass is 10.0. The van der Waals surface area contributed by atoms with E-state index in [9.17, 15) is 4.39 Å². The minimum absolute atomic E-state index is 0.176. The van der Waals surface area contributed by atoms with E-state index in [-0.39, 0.29) is 11.2 Å². The predicted molar refractivity (Wildman–Crippen MR) is 71.5 cm³/mol. The van der Waals surface area contributed by atoms with Crippen molar-refractivity contribution in [1.82, 2.24) is 0 Å². The molecule has 1 atom stereocenters. The predicted octanol–water partition coefficient (Wildman–Crippen LogP) is 5.17. The van der Waals surface area contributed by atoms with E-state index >= 15 is 0 Å². The first-order chi connectivity index (χ1) is 7.49. The number of alkyl halides is 1. The molecule has 0 saturated carbocycles. The molecule has 1 rings (SSSR count). The third-order valence-corrected chi connectivity index (χ3v) is 3.63. The van der Waals surface area contributed by atoms with Crippen molar-refractivity contribution < 1.29 is 4.39 Å². The van der Waals surface area contributed by atoms with Crippen molar-refractivity contribution in [3.8, 4) is 0 Å². The Morgan fingerprint density at radius 2 is 2.06 bits per heavy atom. The molecule has 0 radical (unpaired) electrons. The Kier molecular flexibility index (Phi) is 5.77. The first kappa shape index (κ1) is 14.0. The zero-order chi connectivity index (χ0) is 12.1. The van der Waals surface area contributed by atoms with Crippen molar-refractivity contribution in [2.24, 2.45) is 5.92 Å². The molecule has 0 aliphatic heterocycles. The number of aryl methyl sites for hydroxylation is 1. The van der Waals surface area contributed by atoms with Crippen molar-refractivity contribution in [1.29, 1.82) is 0 Å². The highest BCUT2D eigenvalue weighted by molar-refractivity contribution is 9.10. The van der Waals surface area contributed by atoms with Gasteiger partial charge >= 0.3 is 0 Å². The van der Waals surface area contributed by atoms with Crippen molar-refractivity contribution in [3.63, 3.8) is 0 Å². The number of rotatable bonds is 5. The Labute approximate surface area is 110 Å². The lowest BCUT2D eigenvalue weighted by molar-refractivity contribution is 0.543. The number of halogens is 3. The Bertz CT molecular complexity index is 339. The topological polar surface area (TPSA) is 0 Å². The van der Waals surface area contributed by atoms with Gasteiger partial charge < -0.3 is 0 Å². The molecule has 3 heteroatoms. The summed E-state index contributed by atoms with van der Waals surface area (Å²) in [5, 5.41) is 0.176. The Hall–Kier alpha value is -0.0800. The molecule has 0 spiro atoms. The van der Waals surface area contributed by atoms with Crippen LogP contribution < -0.4 is 0 Å². The SMILES string of the molecule is CC(C)CC(Cl)CCc1cc(F)ccc1Br. The van der Waals surface area contributed by atoms with Crippen molar-refractivity contribution in [2.45, 2.75) is 38.5 Å². The fraction of sp³-hybridized carbons (Fsp3) is 0.538. The van der Waals surface area contributed by atoms with E-state index in [2.05, 4.69) is 29.8 Å². The van der Waals surface area contributed by atoms with Crippen molar-refractivity contribution >= 4 is 27.5 Å². The fourth-order valence-electron chi connectivity index (χ4n) is 1.68. The molecule has 0 heterocycles. The van der Waals surface area contributed by atoms with E-state index in [1.807, 2.05) is 0 Å². The van der Waals surface area contributed by atoms with Gasteiger partial charge in [0.15, 0.2) is 0 Å². The Morgan fingerprint density at radius 1 is 1.38 bits per heavy atom. The largest absolute Gasteiger partial charge is 0.207 e. The van der Waals surface area contributed by atoms with Gasteiger partial charge in [0.25, 0.3) is 0 Å². The van der Waals surface area contributed by atoms with Crippen LogP contribution in [0.5, 0.6) is 0 Å². The molecule has 0 aliphatic rings. The summed E-state index contributed by atoms with van der Waals surface area (Å²) in [6.07, 6.45) is 2.72. The highest BCUT2D eigenvalue weighted by atomic mass is 79.9. The van der Waals surface area contributed by atoms with Crippen LogP contribution in [0.25, 0.3) is 0 Å². The molecular weight excluding hydrogens is 290 g/mol. The van der Waals surface area contributed by atoms with Gasteiger partial charge in [0.05, 0.1) is 0 Å². The molecule has 1 aromatic rings. The highest BCUT2D eigenvalue weighted by Crippen LogP contribution is 2.22. The van der Waals surface area contributed by atoms with Crippen LogP contribution in [0.4, 0.5) is 4.39 Å². The molecule has 0 saturated heterocycles. The smallest absolute Gasteiger partial charge is 0.123 e. The minimum Gasteiger partial charge on any atom is -0.207 e. The summed E-state index contributed by atoms with van der Waals surface area (Å²) in [7, 11) is 0. The van der Waals surface area contributed by atoms with Crippen LogP contribution in [0.2, 0.25) is 0 Å². The van der Waals surface area contributed by atoms with Crippen LogP contribution in [0, 0.1) is 11.7 Å². The zero-order valence-corrected chi connectivity index (χ0v) is 12.0. The van der Waals surface area contributed by atoms with Crippen LogP contribution >= 0.6 is 27.5 Å². The second kappa shape index (κ2) is 6.61. The van der Waals surface area contributed by atoms with Gasteiger partial charge in [-0.2, -0.15) is 0 Å². The van der Waals surface area contributed by atoms with E-state index in [0.717, 1.165) is 29.3 Å². The molecule has 0 bridgehead atoms. The number of hydrogen-bond donors (Lipinski definition) is 0. The fourth-order valence-corrected chi connectivity index (χ4v) is 2.59. The van der Waals surface area contributed by atoms with Crippen LogP contribution in [0.15, 0.2) is 22.7 Å². The molecule has 0 aliphatic carbocycles. The zero-order valence-electron chi connectivity index (χ0n) is 9.64. The first-order valence-corrected chi connectivity index (χ1v) is 6.80. The molecule has 0 N–H and O–H groups in total. The second-order valence-electron chi connectivity index (χ2n) is 4.50. The van der Waals surface area contributed by atoms with Gasteiger partial charge in [-0.3, -0.25) is 0 Å². The summed E-state index contributed by atoms with van der Waals surface area (Å²) >= 11 is 9.63. The van der Waals surface area contributed by atoms with E-state index < -0.39 is 0 Å². The highest BCUT2D eigenvalue weighted by Gasteiger charge is 2.09. The van der Waals surface area contributed by atoms with Gasteiger partial charge in [0.1, 0.15) is 5.82 Å². The van der Waals surface area contributed by atoms with Gasteiger partial charge in [0.2, 0.25) is 0 Å². The monoisotopic (exact) mass is 306 g/mol. The molecule has 0 aromatic heterocycles. The van der Waals surface area contributed by atoms with E-state index in [0.29, 0.717) is 5.92 Å². The Balaban J connectivity index is 2.51. The molecule has 0 fully saturated rings. The van der Waals surface area contributed by atoms with Crippen LogP contribution in [-0.2, 0) is 6.42 Å². The maximum absolute atomic E-state index is 13.0. The van der Waals surface area contributed by atoms with E-state index in [1.54, 1.807) is 12.1 Å². The van der Waals surface area contributed by atoms with Crippen LogP contribution in [0.1, 0.15) is 32.3 Å². The van der Waals surface area contributed by atoms with Gasteiger partial charge in [-0.25, -0.2) is 4.39 Å². The Morgan fingerprint density at radius 3 is 2.69 bits per heavy atom. The maximum atomic E-state index is 13.0. The third-order valence-electron chi connectivity index (χ3n) is 2.46. The standard InChI is InChI=1S/C13H17BrClF/c1-9(2)7-11(15)4-3-10-8-12(16)5-6-13(10)14/h5-6,8-9,11H,3-4,7H2,1-2H3. The van der Waals surface area contributed by atoms with Crippen molar-refractivity contribution in [2.75, 3.05) is 0 Å². The number of benzene rings is 1. The summed E-state index contributed by atoms with van der Waals surface area (Å²) in [6.45, 7) is 4.32. The summed E-state index contributed by atoms with van der Waals surface area (Å²) in [5.74, 6) is 0.423. The lowest BCUT2D eigenvalue weighted by Crippen LogP contribution is -2.05. The molecule has 1 unspecified atom stereocenters. The third kappa shape index (κ3) is 4.84. The van der Waals surface area contributed by atoms with Gasteiger partial charge in [-0.15, -0.1) is 11.6 Å². The maximum Gasteiger partial charge on any atom is 0.123 e. The lowest BCUT2D eigenvalue weighted by Gasteiger charge is -2.12. The van der Waals surface area contributed by atoms with Gasteiger partial charge in [0, 0.05) is 9.85 Å². The molecule has 1 aromatic carbocycles. The normalized spacial score (nSPS) is 13.1. The summed E-state index contributed by atoms with van der Waals surface area (Å²) < 4.78 is 14.0. The number of hydrogen-bond acceptors (Lipinski definition) is 0. The molecule has 0 nitrogen and oxygen atoms in total. The summed E-state index contributed by atoms with van der Waals surface area (Å²) in [4.78, 5) is 0. The molecule has 16 heavy (non-hydrogen) atoms. The van der Waals surface area contributed by atoms with Crippen LogP contribution in [0.3, 0.4) is 0 Å². The second-order valence-corrected chi connectivity index (χ2v) is 5.97. The quantitative estimate of drug-likeness (QED) is 0.658. The molecular formula is C13H17BrClF.